The third-order valence-electron chi connectivity index (χ3n) is 4.97. The van der Waals surface area contributed by atoms with E-state index in [2.05, 4.69) is 59.5 Å². The Morgan fingerprint density at radius 2 is 1.79 bits per heavy atom. The van der Waals surface area contributed by atoms with Gasteiger partial charge in [-0.3, -0.25) is 0 Å². The van der Waals surface area contributed by atoms with Gasteiger partial charge >= 0.3 is 0 Å². The highest BCUT2D eigenvalue weighted by molar-refractivity contribution is 5.46. The topological polar surface area (TPSA) is 41.1 Å². The summed E-state index contributed by atoms with van der Waals surface area (Å²) >= 11 is 0. The minimum Gasteiger partial charge on any atom is -0.357 e. The lowest BCUT2D eigenvalue weighted by atomic mass is 9.94. The molecule has 4 nitrogen and oxygen atoms in total. The van der Waals surface area contributed by atoms with Gasteiger partial charge in [0.2, 0.25) is 5.95 Å². The van der Waals surface area contributed by atoms with Crippen LogP contribution in [0.3, 0.4) is 0 Å². The number of hydrogen-bond donors (Lipinski definition) is 1. The molecule has 1 aromatic carbocycles. The van der Waals surface area contributed by atoms with Crippen LogP contribution in [0.1, 0.15) is 56.3 Å². The summed E-state index contributed by atoms with van der Waals surface area (Å²) < 4.78 is 0. The maximum absolute atomic E-state index is 4.78. The number of rotatable bonds is 5. The number of aromatic nitrogens is 2. The Labute approximate surface area is 145 Å². The van der Waals surface area contributed by atoms with Crippen molar-refractivity contribution in [1.82, 2.24) is 9.97 Å². The minimum atomic E-state index is 0.181. The first-order valence-corrected chi connectivity index (χ1v) is 9.03. The summed E-state index contributed by atoms with van der Waals surface area (Å²) in [7, 11) is 2.17. The Bertz CT molecular complexity index is 650. The van der Waals surface area contributed by atoms with Gasteiger partial charge in [-0.2, -0.15) is 4.98 Å². The molecular formula is C20H28N4. The van der Waals surface area contributed by atoms with Gasteiger partial charge in [0.05, 0.1) is 6.04 Å². The Kier molecular flexibility index (Phi) is 5.34. The second-order valence-corrected chi connectivity index (χ2v) is 6.87. The molecule has 0 saturated heterocycles. The molecule has 1 aliphatic rings. The van der Waals surface area contributed by atoms with Crippen molar-refractivity contribution in [3.63, 3.8) is 0 Å². The van der Waals surface area contributed by atoms with Gasteiger partial charge < -0.3 is 10.2 Å². The van der Waals surface area contributed by atoms with Crippen molar-refractivity contribution < 1.29 is 0 Å². The highest BCUT2D eigenvalue weighted by Gasteiger charge is 2.20. The van der Waals surface area contributed by atoms with Gasteiger partial charge in [0.15, 0.2) is 0 Å². The van der Waals surface area contributed by atoms with Crippen LogP contribution in [0.2, 0.25) is 0 Å². The molecule has 0 unspecified atom stereocenters. The van der Waals surface area contributed by atoms with E-state index < -0.39 is 0 Å². The smallest absolute Gasteiger partial charge is 0.225 e. The van der Waals surface area contributed by atoms with Gasteiger partial charge in [0.25, 0.3) is 0 Å². The fourth-order valence-corrected chi connectivity index (χ4v) is 3.47. The number of aryl methyl sites for hydroxylation is 1. The lowest BCUT2D eigenvalue weighted by Gasteiger charge is -2.32. The summed E-state index contributed by atoms with van der Waals surface area (Å²) in [5, 5.41) is 3.45. The second-order valence-electron chi connectivity index (χ2n) is 6.87. The van der Waals surface area contributed by atoms with Gasteiger partial charge in [-0.15, -0.1) is 0 Å². The quantitative estimate of drug-likeness (QED) is 0.863. The van der Waals surface area contributed by atoms with E-state index in [0.29, 0.717) is 12.0 Å². The van der Waals surface area contributed by atoms with Crippen LogP contribution in [0.25, 0.3) is 0 Å². The maximum atomic E-state index is 4.78. The zero-order chi connectivity index (χ0) is 16.9. The Morgan fingerprint density at radius 1 is 1.08 bits per heavy atom. The molecule has 128 valence electrons. The van der Waals surface area contributed by atoms with Crippen LogP contribution in [0.5, 0.6) is 0 Å². The summed E-state index contributed by atoms with van der Waals surface area (Å²) in [6, 6.07) is 13.3. The van der Waals surface area contributed by atoms with E-state index in [4.69, 9.17) is 4.98 Å². The Morgan fingerprint density at radius 3 is 2.50 bits per heavy atom. The molecule has 0 radical (unpaired) electrons. The van der Waals surface area contributed by atoms with Crippen LogP contribution in [0.15, 0.2) is 36.4 Å². The molecule has 1 saturated carbocycles. The van der Waals surface area contributed by atoms with Crippen molar-refractivity contribution >= 4 is 11.8 Å². The molecule has 0 amide bonds. The van der Waals surface area contributed by atoms with E-state index in [0.717, 1.165) is 11.5 Å². The fraction of sp³-hybridized carbons (Fsp3) is 0.500. The molecule has 0 spiro atoms. The number of benzene rings is 1. The molecule has 1 aromatic heterocycles. The average molecular weight is 324 g/mol. The molecular weight excluding hydrogens is 296 g/mol. The van der Waals surface area contributed by atoms with Crippen LogP contribution < -0.4 is 10.2 Å². The Hall–Kier alpha value is -2.10. The first-order valence-electron chi connectivity index (χ1n) is 9.03. The first-order chi connectivity index (χ1) is 11.6. The van der Waals surface area contributed by atoms with Gasteiger partial charge in [0.1, 0.15) is 5.82 Å². The van der Waals surface area contributed by atoms with Crippen molar-refractivity contribution in [3.8, 4) is 0 Å². The molecule has 1 aliphatic carbocycles. The zero-order valence-corrected chi connectivity index (χ0v) is 15.0. The van der Waals surface area contributed by atoms with E-state index in [1.54, 1.807) is 0 Å². The van der Waals surface area contributed by atoms with Crippen LogP contribution in [0, 0.1) is 6.92 Å². The SMILES string of the molecule is Cc1cc(N(C)C2CCCCC2)nc(N[C@H](C)c2ccccc2)n1. The van der Waals surface area contributed by atoms with Crippen molar-refractivity contribution in [2.75, 3.05) is 17.3 Å². The highest BCUT2D eigenvalue weighted by atomic mass is 15.2. The highest BCUT2D eigenvalue weighted by Crippen LogP contribution is 2.26. The summed E-state index contributed by atoms with van der Waals surface area (Å²) in [6.45, 7) is 4.18. The van der Waals surface area contributed by atoms with Gasteiger partial charge in [0, 0.05) is 24.8 Å². The van der Waals surface area contributed by atoms with Gasteiger partial charge in [-0.1, -0.05) is 49.6 Å². The fourth-order valence-electron chi connectivity index (χ4n) is 3.47. The number of nitrogens with zero attached hydrogens (tertiary/aromatic N) is 3. The second kappa shape index (κ2) is 7.65. The van der Waals surface area contributed by atoms with E-state index in [9.17, 15) is 0 Å². The number of hydrogen-bond acceptors (Lipinski definition) is 4. The van der Waals surface area contributed by atoms with Crippen LogP contribution in [0.4, 0.5) is 11.8 Å². The van der Waals surface area contributed by atoms with E-state index >= 15 is 0 Å². The molecule has 4 heteroatoms. The van der Waals surface area contributed by atoms with Crippen LogP contribution in [-0.2, 0) is 0 Å². The summed E-state index contributed by atoms with van der Waals surface area (Å²) in [5.74, 6) is 1.74. The van der Waals surface area contributed by atoms with Gasteiger partial charge in [-0.25, -0.2) is 4.98 Å². The third-order valence-corrected chi connectivity index (χ3v) is 4.97. The average Bonchev–Trinajstić information content (AvgIpc) is 2.62. The van der Waals surface area contributed by atoms with Crippen LogP contribution in [-0.4, -0.2) is 23.1 Å². The van der Waals surface area contributed by atoms with E-state index in [1.165, 1.54) is 37.7 Å². The minimum absolute atomic E-state index is 0.181. The predicted octanol–water partition coefficient (Wildman–Crippen LogP) is 4.73. The van der Waals surface area contributed by atoms with Crippen molar-refractivity contribution in [3.05, 3.63) is 47.7 Å². The molecule has 1 fully saturated rings. The zero-order valence-electron chi connectivity index (χ0n) is 15.0. The van der Waals surface area contributed by atoms with Crippen molar-refractivity contribution in [1.29, 1.82) is 0 Å². The standard InChI is InChI=1S/C20H28N4/c1-15-14-19(24(3)18-12-8-5-9-13-18)23-20(21-15)22-16(2)17-10-6-4-7-11-17/h4,6-7,10-11,14,16,18H,5,8-9,12-13H2,1-3H3,(H,21,22,23)/t16-/m1/s1. The van der Waals surface area contributed by atoms with Crippen molar-refractivity contribution in [2.45, 2.75) is 58.0 Å². The Balaban J connectivity index is 1.76. The molecule has 1 heterocycles. The number of nitrogens with one attached hydrogen (secondary N) is 1. The first kappa shape index (κ1) is 16.7. The molecule has 24 heavy (non-hydrogen) atoms. The van der Waals surface area contributed by atoms with Gasteiger partial charge in [-0.05, 0) is 32.3 Å². The van der Waals surface area contributed by atoms with Crippen LogP contribution >= 0.6 is 0 Å². The predicted molar refractivity (Wildman–Crippen MR) is 101 cm³/mol. The lowest BCUT2D eigenvalue weighted by Crippen LogP contribution is -2.34. The third kappa shape index (κ3) is 4.05. The largest absolute Gasteiger partial charge is 0.357 e. The van der Waals surface area contributed by atoms with E-state index in [1.807, 2.05) is 13.0 Å². The van der Waals surface area contributed by atoms with Crippen molar-refractivity contribution in [2.24, 2.45) is 0 Å². The molecule has 2 aromatic rings. The summed E-state index contributed by atoms with van der Waals surface area (Å²) in [4.78, 5) is 11.7. The lowest BCUT2D eigenvalue weighted by molar-refractivity contribution is 0.426. The molecule has 1 N–H and O–H groups in total. The summed E-state index contributed by atoms with van der Waals surface area (Å²) in [6.07, 6.45) is 6.56. The molecule has 0 bridgehead atoms. The van der Waals surface area contributed by atoms with E-state index in [-0.39, 0.29) is 6.04 Å². The monoisotopic (exact) mass is 324 g/mol. The molecule has 3 rings (SSSR count). The normalized spacial score (nSPS) is 16.6. The number of anilines is 2. The molecule has 0 aliphatic heterocycles. The molecule has 1 atom stereocenters. The summed E-state index contributed by atoms with van der Waals surface area (Å²) in [5.41, 5.74) is 2.25. The maximum Gasteiger partial charge on any atom is 0.225 e.